The highest BCUT2D eigenvalue weighted by molar-refractivity contribution is 8.01. The number of hydrogen-bond acceptors (Lipinski definition) is 11. The Morgan fingerprint density at radius 2 is 1.94 bits per heavy atom. The van der Waals surface area contributed by atoms with Crippen molar-refractivity contribution in [1.29, 1.82) is 0 Å². The lowest BCUT2D eigenvalue weighted by molar-refractivity contribution is -0.118. The van der Waals surface area contributed by atoms with Crippen molar-refractivity contribution in [2.24, 2.45) is 0 Å². The van der Waals surface area contributed by atoms with Gasteiger partial charge in [-0.3, -0.25) is 14.9 Å². The first kappa shape index (κ1) is 24.3. The van der Waals surface area contributed by atoms with E-state index >= 15 is 0 Å². The minimum absolute atomic E-state index is 0.0784. The van der Waals surface area contributed by atoms with Crippen LogP contribution in [0, 0.1) is 0 Å². The molecule has 0 spiro atoms. The number of thioether (sulfide) groups is 1. The van der Waals surface area contributed by atoms with Gasteiger partial charge in [0.2, 0.25) is 16.8 Å². The molecule has 4 aromatic rings. The molecular weight excluding hydrogens is 494 g/mol. The van der Waals surface area contributed by atoms with E-state index in [1.807, 2.05) is 18.2 Å². The van der Waals surface area contributed by atoms with Crippen LogP contribution in [-0.4, -0.2) is 53.7 Å². The summed E-state index contributed by atoms with van der Waals surface area (Å²) in [5.74, 6) is 1.65. The Hall–Kier alpha value is -3.84. The molecule has 0 saturated carbocycles. The summed E-state index contributed by atoms with van der Waals surface area (Å²) in [4.78, 5) is 24.6. The average Bonchev–Trinajstić information content (AvgIpc) is 3.64. The molecule has 0 fully saturated rings. The molecule has 1 aromatic carbocycles. The first-order valence-corrected chi connectivity index (χ1v) is 12.1. The van der Waals surface area contributed by atoms with Crippen LogP contribution in [0.25, 0.3) is 11.5 Å². The van der Waals surface area contributed by atoms with Gasteiger partial charge in [-0.05, 0) is 36.2 Å². The lowest BCUT2D eigenvalue weighted by Crippen LogP contribution is -2.27. The molecule has 3 heterocycles. The summed E-state index contributed by atoms with van der Waals surface area (Å²) < 4.78 is 21.4. The molecule has 0 aliphatic rings. The fraction of sp³-hybridized carbons (Fsp3) is 0.227. The summed E-state index contributed by atoms with van der Waals surface area (Å²) in [7, 11) is 3.16. The molecule has 0 radical (unpaired) electrons. The minimum Gasteiger partial charge on any atom is -0.493 e. The van der Waals surface area contributed by atoms with Gasteiger partial charge in [-0.25, -0.2) is 0 Å². The van der Waals surface area contributed by atoms with Crippen molar-refractivity contribution in [1.82, 2.24) is 20.7 Å². The first-order chi connectivity index (χ1) is 17.1. The summed E-state index contributed by atoms with van der Waals surface area (Å²) in [6.45, 7) is 0.476. The van der Waals surface area contributed by atoms with E-state index in [-0.39, 0.29) is 22.5 Å². The number of methoxy groups -OCH3 is 2. The minimum atomic E-state index is -0.493. The van der Waals surface area contributed by atoms with Crippen LogP contribution in [0.1, 0.15) is 16.1 Å². The Labute approximate surface area is 208 Å². The van der Waals surface area contributed by atoms with Crippen molar-refractivity contribution in [2.45, 2.75) is 10.8 Å². The van der Waals surface area contributed by atoms with Crippen LogP contribution in [0.15, 0.2) is 55.9 Å². The fourth-order valence-corrected chi connectivity index (χ4v) is 4.53. The summed E-state index contributed by atoms with van der Waals surface area (Å²) in [5.41, 5.74) is 1.10. The summed E-state index contributed by atoms with van der Waals surface area (Å²) >= 11 is 2.39. The third-order valence-corrected chi connectivity index (χ3v) is 6.62. The Morgan fingerprint density at radius 1 is 1.09 bits per heavy atom. The monoisotopic (exact) mass is 515 g/mol. The SMILES string of the molecule is COc1ccc(CCNC(=O)CSc2nnc(NC(=O)c3cc(-c4ccco4)on3)s2)cc1OC. The maximum absolute atomic E-state index is 12.4. The van der Waals surface area contributed by atoms with Gasteiger partial charge in [-0.1, -0.05) is 34.3 Å². The Balaban J connectivity index is 1.20. The van der Waals surface area contributed by atoms with Gasteiger partial charge < -0.3 is 23.7 Å². The van der Waals surface area contributed by atoms with E-state index in [9.17, 15) is 9.59 Å². The highest BCUT2D eigenvalue weighted by Crippen LogP contribution is 2.28. The predicted molar refractivity (Wildman–Crippen MR) is 129 cm³/mol. The molecule has 0 aliphatic carbocycles. The normalized spacial score (nSPS) is 10.7. The average molecular weight is 516 g/mol. The molecular formula is C22H21N5O6S2. The number of carbonyl (C=O) groups is 2. The topological polar surface area (TPSA) is 142 Å². The Morgan fingerprint density at radius 3 is 2.71 bits per heavy atom. The van der Waals surface area contributed by atoms with Crippen molar-refractivity contribution in [2.75, 3.05) is 31.8 Å². The van der Waals surface area contributed by atoms with Gasteiger partial charge in [-0.15, -0.1) is 10.2 Å². The Bertz CT molecular complexity index is 1290. The number of hydrogen-bond donors (Lipinski definition) is 2. The molecule has 2 amide bonds. The lowest BCUT2D eigenvalue weighted by Gasteiger charge is -2.10. The number of aromatic nitrogens is 3. The molecule has 182 valence electrons. The van der Waals surface area contributed by atoms with Gasteiger partial charge in [0, 0.05) is 12.6 Å². The van der Waals surface area contributed by atoms with E-state index in [4.69, 9.17) is 18.4 Å². The molecule has 0 unspecified atom stereocenters. The summed E-state index contributed by atoms with van der Waals surface area (Å²) in [6.07, 6.45) is 2.14. The fourth-order valence-electron chi connectivity index (χ4n) is 2.96. The zero-order chi connectivity index (χ0) is 24.6. The zero-order valence-corrected chi connectivity index (χ0v) is 20.4. The van der Waals surface area contributed by atoms with Crippen LogP contribution in [0.2, 0.25) is 0 Å². The number of benzene rings is 1. The van der Waals surface area contributed by atoms with Gasteiger partial charge in [0.05, 0.1) is 26.2 Å². The van der Waals surface area contributed by atoms with Crippen LogP contribution in [-0.2, 0) is 11.2 Å². The standard InChI is InChI=1S/C22H21N5O6S2/c1-30-15-6-5-13(10-17(15)31-2)7-8-23-19(28)12-34-22-26-25-21(35-22)24-20(29)14-11-18(33-27-14)16-4-3-9-32-16/h3-6,9-11H,7-8,12H2,1-2H3,(H,23,28)(H,24,25,29). The number of amides is 2. The number of rotatable bonds is 11. The lowest BCUT2D eigenvalue weighted by atomic mass is 10.1. The maximum atomic E-state index is 12.4. The van der Waals surface area contributed by atoms with Crippen LogP contribution >= 0.6 is 23.1 Å². The second-order valence-corrected chi connectivity index (χ2v) is 9.16. The number of ether oxygens (including phenoxy) is 2. The van der Waals surface area contributed by atoms with Crippen LogP contribution in [0.5, 0.6) is 11.5 Å². The van der Waals surface area contributed by atoms with Gasteiger partial charge in [0.1, 0.15) is 0 Å². The highest BCUT2D eigenvalue weighted by Gasteiger charge is 2.17. The van der Waals surface area contributed by atoms with Crippen molar-refractivity contribution in [3.63, 3.8) is 0 Å². The smallest absolute Gasteiger partial charge is 0.279 e. The number of furan rings is 1. The predicted octanol–water partition coefficient (Wildman–Crippen LogP) is 3.51. The van der Waals surface area contributed by atoms with E-state index in [2.05, 4.69) is 26.0 Å². The van der Waals surface area contributed by atoms with Crippen molar-refractivity contribution >= 4 is 40.0 Å². The van der Waals surface area contributed by atoms with E-state index in [0.717, 1.165) is 16.9 Å². The summed E-state index contributed by atoms with van der Waals surface area (Å²) in [6, 6.07) is 10.5. The van der Waals surface area contributed by atoms with E-state index in [1.165, 1.54) is 24.1 Å². The second-order valence-electron chi connectivity index (χ2n) is 6.96. The molecule has 13 heteroatoms. The van der Waals surface area contributed by atoms with Crippen molar-refractivity contribution in [3.8, 4) is 23.0 Å². The molecule has 11 nitrogen and oxygen atoms in total. The van der Waals surface area contributed by atoms with Gasteiger partial charge in [0.15, 0.2) is 27.3 Å². The van der Waals surface area contributed by atoms with Crippen molar-refractivity contribution in [3.05, 3.63) is 53.9 Å². The molecule has 4 rings (SSSR count). The molecule has 0 atom stereocenters. The van der Waals surface area contributed by atoms with Gasteiger partial charge in [-0.2, -0.15) is 0 Å². The molecule has 0 bridgehead atoms. The largest absolute Gasteiger partial charge is 0.493 e. The number of carbonyl (C=O) groups excluding carboxylic acids is 2. The Kier molecular flexibility index (Phi) is 8.00. The van der Waals surface area contributed by atoms with E-state index in [1.54, 1.807) is 26.4 Å². The first-order valence-electron chi connectivity index (χ1n) is 10.3. The third-order valence-electron chi connectivity index (χ3n) is 4.64. The molecule has 35 heavy (non-hydrogen) atoms. The van der Waals surface area contributed by atoms with Gasteiger partial charge >= 0.3 is 0 Å². The van der Waals surface area contributed by atoms with Crippen molar-refractivity contribution < 1.29 is 28.0 Å². The van der Waals surface area contributed by atoms with Crippen LogP contribution in [0.3, 0.4) is 0 Å². The third kappa shape index (κ3) is 6.39. The number of nitrogens with zero attached hydrogens (tertiary/aromatic N) is 3. The quantitative estimate of drug-likeness (QED) is 0.225. The zero-order valence-electron chi connectivity index (χ0n) is 18.8. The number of nitrogens with one attached hydrogen (secondary N) is 2. The molecule has 0 saturated heterocycles. The highest BCUT2D eigenvalue weighted by atomic mass is 32.2. The molecule has 3 aromatic heterocycles. The van der Waals surface area contributed by atoms with Crippen LogP contribution < -0.4 is 20.1 Å². The van der Waals surface area contributed by atoms with Crippen LogP contribution in [0.4, 0.5) is 5.13 Å². The maximum Gasteiger partial charge on any atom is 0.279 e. The van der Waals surface area contributed by atoms with Gasteiger partial charge in [0.25, 0.3) is 5.91 Å². The second kappa shape index (κ2) is 11.5. The van der Waals surface area contributed by atoms with E-state index < -0.39 is 5.91 Å². The summed E-state index contributed by atoms with van der Waals surface area (Å²) in [5, 5.41) is 17.4. The number of anilines is 1. The molecule has 2 N–H and O–H groups in total. The molecule has 0 aliphatic heterocycles. The van der Waals surface area contributed by atoms with E-state index in [0.29, 0.717) is 40.3 Å².